The van der Waals surface area contributed by atoms with Gasteiger partial charge in [-0.25, -0.2) is 13.4 Å². The number of aromatic nitrogens is 1. The number of sulfonamides is 1. The van der Waals surface area contributed by atoms with Gasteiger partial charge in [0.1, 0.15) is 11.3 Å². The second-order valence-corrected chi connectivity index (χ2v) is 13.5. The molecule has 2 aliphatic rings. The van der Waals surface area contributed by atoms with Crippen LogP contribution in [0, 0.1) is 10.8 Å². The number of carbonyl (C=O) groups excluding carboxylic acids is 1. The van der Waals surface area contributed by atoms with Crippen molar-refractivity contribution in [3.05, 3.63) is 42.5 Å². The number of ether oxygens (including phenoxy) is 1. The maximum absolute atomic E-state index is 13.1. The molecule has 2 atom stereocenters. The zero-order chi connectivity index (χ0) is 25.7. The van der Waals surface area contributed by atoms with E-state index in [1.807, 2.05) is 4.90 Å². The third-order valence-corrected chi connectivity index (χ3v) is 9.23. The van der Waals surface area contributed by atoms with Crippen molar-refractivity contribution in [2.24, 2.45) is 10.8 Å². The topological polar surface area (TPSA) is 102 Å². The Kier molecular flexibility index (Phi) is 6.23. The van der Waals surface area contributed by atoms with Gasteiger partial charge in [-0.3, -0.25) is 9.52 Å². The zero-order valence-electron chi connectivity index (χ0n) is 20.9. The number of hydrogen-bond acceptors (Lipinski definition) is 7. The van der Waals surface area contributed by atoms with Crippen LogP contribution >= 0.6 is 11.8 Å². The van der Waals surface area contributed by atoms with Crippen LogP contribution in [0.15, 0.2) is 57.0 Å². The number of nitrogens with one attached hydrogen (secondary N) is 1. The smallest absolute Gasteiger partial charge is 0.262 e. The molecule has 3 aromatic rings. The molecule has 1 aliphatic heterocycles. The van der Waals surface area contributed by atoms with E-state index in [2.05, 4.69) is 30.5 Å². The Morgan fingerprint density at radius 3 is 2.78 bits per heavy atom. The number of nitrogens with zero attached hydrogens (tertiary/aromatic N) is 2. The third-order valence-electron chi connectivity index (χ3n) is 7.06. The van der Waals surface area contributed by atoms with Gasteiger partial charge in [0, 0.05) is 12.6 Å². The molecule has 2 aromatic carbocycles. The van der Waals surface area contributed by atoms with Crippen LogP contribution in [-0.4, -0.2) is 49.7 Å². The number of rotatable bonds is 7. The van der Waals surface area contributed by atoms with Crippen LogP contribution in [0.1, 0.15) is 40.0 Å². The number of thioether (sulfide) groups is 1. The summed E-state index contributed by atoms with van der Waals surface area (Å²) in [5.74, 6) is 0.754. The van der Waals surface area contributed by atoms with E-state index in [0.717, 1.165) is 25.8 Å². The van der Waals surface area contributed by atoms with Gasteiger partial charge in [0.15, 0.2) is 5.58 Å². The van der Waals surface area contributed by atoms with Gasteiger partial charge in [-0.05, 0) is 60.4 Å². The van der Waals surface area contributed by atoms with Gasteiger partial charge >= 0.3 is 0 Å². The van der Waals surface area contributed by atoms with Gasteiger partial charge in [-0.15, -0.1) is 0 Å². The summed E-state index contributed by atoms with van der Waals surface area (Å²) in [7, 11) is -2.39. The van der Waals surface area contributed by atoms with Crippen LogP contribution < -0.4 is 9.46 Å². The molecule has 1 aliphatic carbocycles. The number of likely N-dealkylation sites (tertiary alicyclic amines) is 1. The molecule has 2 heterocycles. The van der Waals surface area contributed by atoms with Gasteiger partial charge in [0.25, 0.3) is 15.2 Å². The summed E-state index contributed by atoms with van der Waals surface area (Å²) < 4.78 is 39.5. The quantitative estimate of drug-likeness (QED) is 0.422. The van der Waals surface area contributed by atoms with Crippen LogP contribution in [0.5, 0.6) is 5.75 Å². The van der Waals surface area contributed by atoms with Gasteiger partial charge in [0.05, 0.1) is 23.4 Å². The molecule has 0 spiro atoms. The number of methoxy groups -OCH3 is 1. The van der Waals surface area contributed by atoms with E-state index >= 15 is 0 Å². The van der Waals surface area contributed by atoms with Gasteiger partial charge < -0.3 is 14.1 Å². The Labute approximate surface area is 215 Å². The summed E-state index contributed by atoms with van der Waals surface area (Å²) in [4.78, 5) is 19.6. The Morgan fingerprint density at radius 2 is 2.00 bits per heavy atom. The van der Waals surface area contributed by atoms with Gasteiger partial charge in [-0.1, -0.05) is 44.7 Å². The standard InChI is InChI=1S/C26H31N3O5S2/c1-25(2)12-17-13-26(3,15-25)16-29(17)23(30)14-35-24-27-20-11-18(9-10-22(20)34-24)36(31,32)28-19-7-5-6-8-21(19)33-4/h5-11,17,28H,12-16H2,1-4H3/t17-,26+/m1/s1. The number of para-hydroxylation sites is 2. The van der Waals surface area contributed by atoms with Crippen molar-refractivity contribution in [1.29, 1.82) is 0 Å². The molecule has 1 aromatic heterocycles. The molecular formula is C26H31N3O5S2. The van der Waals surface area contributed by atoms with Crippen molar-refractivity contribution in [1.82, 2.24) is 9.88 Å². The van der Waals surface area contributed by atoms with Crippen molar-refractivity contribution in [3.8, 4) is 5.75 Å². The summed E-state index contributed by atoms with van der Waals surface area (Å²) >= 11 is 1.24. The number of oxazole rings is 1. The number of fused-ring (bicyclic) bond motifs is 3. The van der Waals surface area contributed by atoms with Crippen molar-refractivity contribution >= 4 is 44.5 Å². The molecule has 10 heteroatoms. The molecule has 8 nitrogen and oxygen atoms in total. The van der Waals surface area contributed by atoms with Crippen LogP contribution in [0.3, 0.4) is 0 Å². The molecule has 1 amide bonds. The molecule has 1 saturated heterocycles. The van der Waals surface area contributed by atoms with E-state index in [0.29, 0.717) is 33.8 Å². The minimum atomic E-state index is -3.87. The first kappa shape index (κ1) is 25.0. The zero-order valence-corrected chi connectivity index (χ0v) is 22.5. The van der Waals surface area contributed by atoms with E-state index in [4.69, 9.17) is 9.15 Å². The summed E-state index contributed by atoms with van der Waals surface area (Å²) in [6.07, 6.45) is 3.23. The van der Waals surface area contributed by atoms with Gasteiger partial charge in [-0.2, -0.15) is 0 Å². The first-order valence-corrected chi connectivity index (χ1v) is 14.4. The second-order valence-electron chi connectivity index (χ2n) is 10.9. The maximum Gasteiger partial charge on any atom is 0.262 e. The third kappa shape index (κ3) is 4.93. The predicted molar refractivity (Wildman–Crippen MR) is 140 cm³/mol. The molecule has 2 fully saturated rings. The fourth-order valence-electron chi connectivity index (χ4n) is 6.01. The minimum absolute atomic E-state index is 0.0574. The molecule has 5 rings (SSSR count). The van der Waals surface area contributed by atoms with E-state index in [9.17, 15) is 13.2 Å². The molecule has 36 heavy (non-hydrogen) atoms. The summed E-state index contributed by atoms with van der Waals surface area (Å²) in [6, 6.07) is 11.6. The highest BCUT2D eigenvalue weighted by molar-refractivity contribution is 7.99. The Hall–Kier alpha value is -2.72. The maximum atomic E-state index is 13.1. The van der Waals surface area contributed by atoms with E-state index < -0.39 is 10.0 Å². The molecule has 1 saturated carbocycles. The lowest BCUT2D eigenvalue weighted by Gasteiger charge is -2.39. The lowest BCUT2D eigenvalue weighted by atomic mass is 9.65. The first-order valence-electron chi connectivity index (χ1n) is 12.0. The fraction of sp³-hybridized carbons (Fsp3) is 0.462. The first-order chi connectivity index (χ1) is 17.0. The van der Waals surface area contributed by atoms with E-state index in [1.54, 1.807) is 30.3 Å². The Morgan fingerprint density at radius 1 is 1.22 bits per heavy atom. The number of benzene rings is 2. The molecule has 0 unspecified atom stereocenters. The fourth-order valence-corrected chi connectivity index (χ4v) is 7.82. The average molecular weight is 530 g/mol. The number of amides is 1. The molecule has 1 N–H and O–H groups in total. The van der Waals surface area contributed by atoms with Crippen molar-refractivity contribution in [3.63, 3.8) is 0 Å². The number of carbonyl (C=O) groups is 1. The largest absolute Gasteiger partial charge is 0.495 e. The Bertz CT molecular complexity index is 1420. The summed E-state index contributed by atoms with van der Waals surface area (Å²) in [5, 5.41) is 0.347. The highest BCUT2D eigenvalue weighted by Crippen LogP contribution is 2.52. The van der Waals surface area contributed by atoms with Crippen molar-refractivity contribution in [2.45, 2.75) is 56.2 Å². The molecule has 192 valence electrons. The molecular weight excluding hydrogens is 498 g/mol. The van der Waals surface area contributed by atoms with Crippen LogP contribution in [-0.2, 0) is 14.8 Å². The summed E-state index contributed by atoms with van der Waals surface area (Å²) in [5.41, 5.74) is 1.66. The lowest BCUT2D eigenvalue weighted by molar-refractivity contribution is -0.129. The minimum Gasteiger partial charge on any atom is -0.495 e. The monoisotopic (exact) mass is 529 g/mol. The van der Waals surface area contributed by atoms with Crippen LogP contribution in [0.25, 0.3) is 11.1 Å². The molecule has 2 bridgehead atoms. The van der Waals surface area contributed by atoms with Crippen LogP contribution in [0.4, 0.5) is 5.69 Å². The molecule has 0 radical (unpaired) electrons. The second kappa shape index (κ2) is 8.99. The van der Waals surface area contributed by atoms with E-state index in [-0.39, 0.29) is 27.4 Å². The van der Waals surface area contributed by atoms with Gasteiger partial charge in [0.2, 0.25) is 5.91 Å². The lowest BCUT2D eigenvalue weighted by Crippen LogP contribution is -2.38. The van der Waals surface area contributed by atoms with Crippen LogP contribution in [0.2, 0.25) is 0 Å². The highest BCUT2D eigenvalue weighted by Gasteiger charge is 2.50. The highest BCUT2D eigenvalue weighted by atomic mass is 32.2. The summed E-state index contributed by atoms with van der Waals surface area (Å²) in [6.45, 7) is 7.67. The predicted octanol–water partition coefficient (Wildman–Crippen LogP) is 5.16. The normalized spacial score (nSPS) is 23.1. The van der Waals surface area contributed by atoms with Crippen molar-refractivity contribution in [2.75, 3.05) is 24.1 Å². The Balaban J connectivity index is 1.28. The number of anilines is 1. The van der Waals surface area contributed by atoms with E-state index in [1.165, 1.54) is 31.0 Å². The van der Waals surface area contributed by atoms with Crippen molar-refractivity contribution < 1.29 is 22.4 Å². The SMILES string of the molecule is COc1ccccc1NS(=O)(=O)c1ccc2oc(SCC(=O)N3C[C@@]4(C)C[C@H]3CC(C)(C)C4)nc2c1. The average Bonchev–Trinajstić information content (AvgIpc) is 3.33. The number of hydrogen-bond donors (Lipinski definition) is 1.